The van der Waals surface area contributed by atoms with E-state index in [1.165, 1.54) is 12.0 Å². The first kappa shape index (κ1) is 11.0. The van der Waals surface area contributed by atoms with Crippen molar-refractivity contribution in [1.82, 2.24) is 4.98 Å². The molecule has 1 heterocycles. The summed E-state index contributed by atoms with van der Waals surface area (Å²) in [6, 6.07) is 2.28. The summed E-state index contributed by atoms with van der Waals surface area (Å²) >= 11 is 3.41. The van der Waals surface area contributed by atoms with E-state index in [0.29, 0.717) is 0 Å². The number of hydrogen-bond donors (Lipinski definition) is 1. The van der Waals surface area contributed by atoms with Gasteiger partial charge in [-0.05, 0) is 46.8 Å². The number of rotatable bonds is 0. The quantitative estimate of drug-likeness (QED) is 0.781. The minimum atomic E-state index is 0. The Morgan fingerprint density at radius 1 is 1.54 bits per heavy atom. The van der Waals surface area contributed by atoms with Crippen molar-refractivity contribution in [3.8, 4) is 0 Å². The molecule has 4 heteroatoms. The average molecular weight is 264 g/mol. The number of aryl methyl sites for hydroxylation is 1. The molecule has 1 aromatic rings. The van der Waals surface area contributed by atoms with Gasteiger partial charge in [-0.25, -0.2) is 0 Å². The number of aromatic nitrogens is 1. The predicted molar refractivity (Wildman–Crippen MR) is 59.1 cm³/mol. The van der Waals surface area contributed by atoms with Crippen LogP contribution in [-0.4, -0.2) is 4.98 Å². The number of nitrogens with two attached hydrogens (primary N) is 1. The van der Waals surface area contributed by atoms with Crippen molar-refractivity contribution < 1.29 is 0 Å². The van der Waals surface area contributed by atoms with Crippen LogP contribution in [0.1, 0.15) is 30.1 Å². The van der Waals surface area contributed by atoms with Crippen LogP contribution in [-0.2, 0) is 6.42 Å². The smallest absolute Gasteiger partial charge is 0.0603 e. The Morgan fingerprint density at radius 3 is 3.08 bits per heavy atom. The fourth-order valence-corrected chi connectivity index (χ4v) is 2.05. The number of hydrogen-bond acceptors (Lipinski definition) is 2. The Bertz CT molecular complexity index is 304. The number of halogens is 2. The minimum absolute atomic E-state index is 0. The van der Waals surface area contributed by atoms with Crippen molar-refractivity contribution in [2.24, 2.45) is 5.73 Å². The second-order valence-corrected chi connectivity index (χ2v) is 4.11. The lowest BCUT2D eigenvalue weighted by Crippen LogP contribution is -2.18. The second kappa shape index (κ2) is 4.40. The molecule has 1 aromatic heterocycles. The van der Waals surface area contributed by atoms with E-state index in [1.807, 2.05) is 6.20 Å². The molecule has 0 amide bonds. The van der Waals surface area contributed by atoms with E-state index in [-0.39, 0.29) is 18.4 Å². The van der Waals surface area contributed by atoms with E-state index in [4.69, 9.17) is 5.73 Å². The van der Waals surface area contributed by atoms with Gasteiger partial charge in [-0.1, -0.05) is 0 Å². The molecular weight excluding hydrogens is 251 g/mol. The molecule has 1 atom stereocenters. The lowest BCUT2D eigenvalue weighted by Gasteiger charge is -2.20. The topological polar surface area (TPSA) is 38.9 Å². The second-order valence-electron chi connectivity index (χ2n) is 3.20. The summed E-state index contributed by atoms with van der Waals surface area (Å²) in [6.45, 7) is 0. The van der Waals surface area contributed by atoms with E-state index in [1.54, 1.807) is 0 Å². The molecular formula is C9H12BrClN2. The first-order chi connectivity index (χ1) is 5.77. The van der Waals surface area contributed by atoms with E-state index >= 15 is 0 Å². The van der Waals surface area contributed by atoms with Crippen molar-refractivity contribution in [2.75, 3.05) is 0 Å². The Hall–Kier alpha value is -0.120. The molecule has 72 valence electrons. The molecule has 0 spiro atoms. The van der Waals surface area contributed by atoms with E-state index in [2.05, 4.69) is 27.0 Å². The summed E-state index contributed by atoms with van der Waals surface area (Å²) in [5, 5.41) is 0. The molecule has 0 radical (unpaired) electrons. The first-order valence-electron chi connectivity index (χ1n) is 4.17. The minimum Gasteiger partial charge on any atom is -0.323 e. The van der Waals surface area contributed by atoms with Crippen molar-refractivity contribution >= 4 is 28.3 Å². The van der Waals surface area contributed by atoms with Crippen LogP contribution in [0.2, 0.25) is 0 Å². The number of pyridine rings is 1. The number of fused-ring (bicyclic) bond motifs is 1. The maximum absolute atomic E-state index is 5.92. The summed E-state index contributed by atoms with van der Waals surface area (Å²) in [4.78, 5) is 4.33. The molecule has 1 aliphatic rings. The summed E-state index contributed by atoms with van der Waals surface area (Å²) in [5.74, 6) is 0. The highest BCUT2D eigenvalue weighted by Crippen LogP contribution is 2.27. The Labute approximate surface area is 92.5 Å². The highest BCUT2D eigenvalue weighted by Gasteiger charge is 2.17. The van der Waals surface area contributed by atoms with E-state index < -0.39 is 0 Å². The zero-order valence-electron chi connectivity index (χ0n) is 7.16. The molecule has 2 rings (SSSR count). The molecule has 13 heavy (non-hydrogen) atoms. The zero-order valence-corrected chi connectivity index (χ0v) is 9.57. The van der Waals surface area contributed by atoms with Crippen LogP contribution in [0.15, 0.2) is 16.7 Å². The van der Waals surface area contributed by atoms with Gasteiger partial charge in [0.05, 0.1) is 5.69 Å². The Morgan fingerprint density at radius 2 is 2.31 bits per heavy atom. The van der Waals surface area contributed by atoms with Crippen LogP contribution >= 0.6 is 28.3 Å². The third-order valence-electron chi connectivity index (χ3n) is 2.28. The van der Waals surface area contributed by atoms with E-state index in [9.17, 15) is 0 Å². The average Bonchev–Trinajstić information content (AvgIpc) is 2.04. The molecule has 0 saturated heterocycles. The molecule has 1 aliphatic carbocycles. The van der Waals surface area contributed by atoms with Gasteiger partial charge in [0.25, 0.3) is 0 Å². The Balaban J connectivity index is 0.000000845. The lowest BCUT2D eigenvalue weighted by atomic mass is 9.93. The van der Waals surface area contributed by atoms with Crippen LogP contribution < -0.4 is 5.73 Å². The van der Waals surface area contributed by atoms with Gasteiger partial charge in [-0.3, -0.25) is 4.98 Å². The van der Waals surface area contributed by atoms with Crippen LogP contribution in [0, 0.1) is 0 Å². The van der Waals surface area contributed by atoms with Crippen LogP contribution in [0.5, 0.6) is 0 Å². The summed E-state index contributed by atoms with van der Waals surface area (Å²) < 4.78 is 1.05. The highest BCUT2D eigenvalue weighted by molar-refractivity contribution is 9.10. The van der Waals surface area contributed by atoms with Crippen molar-refractivity contribution in [1.29, 1.82) is 0 Å². The monoisotopic (exact) mass is 262 g/mol. The molecule has 0 fully saturated rings. The van der Waals surface area contributed by atoms with Crippen molar-refractivity contribution in [3.63, 3.8) is 0 Å². The SMILES string of the molecule is Cl.N[C@H]1CCCc2cc(Br)cnc21. The molecule has 0 bridgehead atoms. The normalized spacial score (nSPS) is 20.3. The zero-order chi connectivity index (χ0) is 8.55. The largest absolute Gasteiger partial charge is 0.323 e. The van der Waals surface area contributed by atoms with Gasteiger partial charge in [-0.2, -0.15) is 0 Å². The maximum atomic E-state index is 5.92. The van der Waals surface area contributed by atoms with Gasteiger partial charge < -0.3 is 5.73 Å². The highest BCUT2D eigenvalue weighted by atomic mass is 79.9. The predicted octanol–water partition coefficient (Wildman–Crippen LogP) is 2.60. The van der Waals surface area contributed by atoms with Crippen molar-refractivity contribution in [3.05, 3.63) is 28.0 Å². The van der Waals surface area contributed by atoms with Gasteiger partial charge in [-0.15, -0.1) is 12.4 Å². The fraction of sp³-hybridized carbons (Fsp3) is 0.444. The molecule has 2 nitrogen and oxygen atoms in total. The molecule has 0 unspecified atom stereocenters. The third-order valence-corrected chi connectivity index (χ3v) is 2.71. The molecule has 0 aliphatic heterocycles. The van der Waals surface area contributed by atoms with Crippen molar-refractivity contribution in [2.45, 2.75) is 25.3 Å². The molecule has 2 N–H and O–H groups in total. The van der Waals surface area contributed by atoms with E-state index in [0.717, 1.165) is 23.0 Å². The van der Waals surface area contributed by atoms with Gasteiger partial charge in [0.2, 0.25) is 0 Å². The number of nitrogens with zero attached hydrogens (tertiary/aromatic N) is 1. The van der Waals surface area contributed by atoms with Gasteiger partial charge in [0.1, 0.15) is 0 Å². The maximum Gasteiger partial charge on any atom is 0.0603 e. The fourth-order valence-electron chi connectivity index (χ4n) is 1.68. The molecule has 0 saturated carbocycles. The molecule has 0 aromatic carbocycles. The van der Waals surface area contributed by atoms with Gasteiger partial charge in [0, 0.05) is 16.7 Å². The summed E-state index contributed by atoms with van der Waals surface area (Å²) in [6.07, 6.45) is 5.20. The first-order valence-corrected chi connectivity index (χ1v) is 4.96. The summed E-state index contributed by atoms with van der Waals surface area (Å²) in [5.41, 5.74) is 8.31. The third kappa shape index (κ3) is 2.22. The van der Waals surface area contributed by atoms with Crippen LogP contribution in [0.25, 0.3) is 0 Å². The van der Waals surface area contributed by atoms with Crippen LogP contribution in [0.3, 0.4) is 0 Å². The van der Waals surface area contributed by atoms with Gasteiger partial charge in [0.15, 0.2) is 0 Å². The van der Waals surface area contributed by atoms with Crippen LogP contribution in [0.4, 0.5) is 0 Å². The lowest BCUT2D eigenvalue weighted by molar-refractivity contribution is 0.553. The Kier molecular flexibility index (Phi) is 3.71. The standard InChI is InChI=1S/C9H11BrN2.ClH/c10-7-4-6-2-1-3-8(11)9(6)12-5-7;/h4-5,8H,1-3,11H2;1H/t8-;/m0./s1. The van der Waals surface area contributed by atoms with Gasteiger partial charge >= 0.3 is 0 Å². The summed E-state index contributed by atoms with van der Waals surface area (Å²) in [7, 11) is 0.